The van der Waals surface area contributed by atoms with Gasteiger partial charge in [0.15, 0.2) is 0 Å². The number of aromatic nitrogens is 2. The molecule has 4 rings (SSSR count). The lowest BCUT2D eigenvalue weighted by atomic mass is 10.1. The van der Waals surface area contributed by atoms with E-state index < -0.39 is 0 Å². The van der Waals surface area contributed by atoms with Gasteiger partial charge in [-0.25, -0.2) is 0 Å². The first-order valence-electron chi connectivity index (χ1n) is 9.41. The maximum absolute atomic E-state index is 9.69. The number of piperazine rings is 1. The van der Waals surface area contributed by atoms with E-state index in [0.717, 1.165) is 49.5 Å². The lowest BCUT2D eigenvalue weighted by Crippen LogP contribution is -2.51. The van der Waals surface area contributed by atoms with Crippen LogP contribution in [0, 0.1) is 11.3 Å². The first kappa shape index (κ1) is 18.7. The van der Waals surface area contributed by atoms with Gasteiger partial charge >= 0.3 is 0 Å². The molecule has 6 heteroatoms. The van der Waals surface area contributed by atoms with Crippen molar-refractivity contribution in [3.63, 3.8) is 0 Å². The summed E-state index contributed by atoms with van der Waals surface area (Å²) in [6.45, 7) is 4.09. The van der Waals surface area contributed by atoms with Crippen LogP contribution in [-0.4, -0.2) is 45.7 Å². The molecule has 3 aromatic rings. The van der Waals surface area contributed by atoms with Crippen molar-refractivity contribution in [1.29, 1.82) is 5.26 Å². The van der Waals surface area contributed by atoms with Crippen LogP contribution in [0.3, 0.4) is 0 Å². The third-order valence-corrected chi connectivity index (χ3v) is 5.41. The van der Waals surface area contributed by atoms with Crippen LogP contribution in [0.4, 0.5) is 0 Å². The zero-order valence-electron chi connectivity index (χ0n) is 15.6. The number of nitriles is 1. The van der Waals surface area contributed by atoms with E-state index >= 15 is 0 Å². The summed E-state index contributed by atoms with van der Waals surface area (Å²) < 4.78 is 0. The minimum Gasteiger partial charge on any atom is -0.295 e. The van der Waals surface area contributed by atoms with Gasteiger partial charge in [-0.05, 0) is 17.7 Å². The van der Waals surface area contributed by atoms with Crippen LogP contribution in [-0.2, 0) is 13.1 Å². The fourth-order valence-electron chi connectivity index (χ4n) is 3.72. The van der Waals surface area contributed by atoms with Gasteiger partial charge in [-0.15, -0.1) is 0 Å². The highest BCUT2D eigenvalue weighted by atomic mass is 35.5. The SMILES string of the molecule is N#CC1CN(Cc2cn[nH]c2-c2cccc(Cl)c2)CCN1Cc1ccccc1. The standard InChI is InChI=1S/C22H22ClN5/c23-20-8-4-7-18(11-20)22-19(13-25-26-22)15-27-9-10-28(21(12-24)16-27)14-17-5-2-1-3-6-17/h1-8,11,13,21H,9-10,14-16H2,(H,25,26). The summed E-state index contributed by atoms with van der Waals surface area (Å²) in [5, 5.41) is 17.7. The highest BCUT2D eigenvalue weighted by Crippen LogP contribution is 2.25. The van der Waals surface area contributed by atoms with Crippen molar-refractivity contribution in [1.82, 2.24) is 20.0 Å². The van der Waals surface area contributed by atoms with E-state index in [1.54, 1.807) is 0 Å². The molecular formula is C22H22ClN5. The zero-order chi connectivity index (χ0) is 19.3. The van der Waals surface area contributed by atoms with Gasteiger partial charge in [0.05, 0.1) is 18.0 Å². The molecule has 1 aromatic heterocycles. The molecule has 5 nitrogen and oxygen atoms in total. The minimum atomic E-state index is -0.115. The predicted octanol–water partition coefficient (Wildman–Crippen LogP) is 3.94. The average molecular weight is 392 g/mol. The van der Waals surface area contributed by atoms with Gasteiger partial charge in [-0.2, -0.15) is 10.4 Å². The summed E-state index contributed by atoms with van der Waals surface area (Å²) in [4.78, 5) is 4.59. The number of hydrogen-bond donors (Lipinski definition) is 1. The first-order valence-corrected chi connectivity index (χ1v) is 9.79. The number of nitrogens with zero attached hydrogens (tertiary/aromatic N) is 4. The summed E-state index contributed by atoms with van der Waals surface area (Å²) in [5.41, 5.74) is 4.38. The third-order valence-electron chi connectivity index (χ3n) is 5.18. The molecule has 28 heavy (non-hydrogen) atoms. The predicted molar refractivity (Wildman–Crippen MR) is 111 cm³/mol. The van der Waals surface area contributed by atoms with Crippen molar-refractivity contribution in [3.05, 3.63) is 76.9 Å². The Balaban J connectivity index is 1.44. The van der Waals surface area contributed by atoms with Crippen LogP contribution in [0.1, 0.15) is 11.1 Å². The third kappa shape index (κ3) is 4.26. The second-order valence-electron chi connectivity index (χ2n) is 7.12. The maximum Gasteiger partial charge on any atom is 0.111 e. The molecule has 142 valence electrons. The number of H-pyrrole nitrogens is 1. The minimum absolute atomic E-state index is 0.115. The summed E-state index contributed by atoms with van der Waals surface area (Å²) in [6, 6.07) is 20.5. The molecule has 1 N–H and O–H groups in total. The second kappa shape index (κ2) is 8.57. The number of benzene rings is 2. The number of halogens is 1. The van der Waals surface area contributed by atoms with E-state index in [4.69, 9.17) is 11.6 Å². The highest BCUT2D eigenvalue weighted by Gasteiger charge is 2.27. The largest absolute Gasteiger partial charge is 0.295 e. The molecule has 1 aliphatic heterocycles. The zero-order valence-corrected chi connectivity index (χ0v) is 16.3. The molecule has 0 spiro atoms. The summed E-state index contributed by atoms with van der Waals surface area (Å²) in [6.07, 6.45) is 1.87. The smallest absolute Gasteiger partial charge is 0.111 e. The molecule has 0 saturated carbocycles. The Bertz CT molecular complexity index is 962. The van der Waals surface area contributed by atoms with Crippen molar-refractivity contribution in [2.75, 3.05) is 19.6 Å². The van der Waals surface area contributed by atoms with Crippen molar-refractivity contribution in [2.24, 2.45) is 0 Å². The summed E-state index contributed by atoms with van der Waals surface area (Å²) in [7, 11) is 0. The molecule has 1 saturated heterocycles. The molecule has 2 heterocycles. The lowest BCUT2D eigenvalue weighted by molar-refractivity contribution is 0.0903. The van der Waals surface area contributed by atoms with Gasteiger partial charge in [-0.1, -0.05) is 54.1 Å². The fraction of sp³-hybridized carbons (Fsp3) is 0.273. The first-order chi connectivity index (χ1) is 13.7. The van der Waals surface area contributed by atoms with Crippen LogP contribution in [0.5, 0.6) is 0 Å². The summed E-state index contributed by atoms with van der Waals surface area (Å²) in [5.74, 6) is 0. The number of nitrogens with one attached hydrogen (secondary N) is 1. The van der Waals surface area contributed by atoms with Gasteiger partial charge in [0.25, 0.3) is 0 Å². The van der Waals surface area contributed by atoms with E-state index in [0.29, 0.717) is 5.02 Å². The van der Waals surface area contributed by atoms with Gasteiger partial charge in [-0.3, -0.25) is 14.9 Å². The van der Waals surface area contributed by atoms with Crippen molar-refractivity contribution in [3.8, 4) is 17.3 Å². The van der Waals surface area contributed by atoms with Gasteiger partial charge < -0.3 is 0 Å². The number of aromatic amines is 1. The van der Waals surface area contributed by atoms with Gasteiger partial charge in [0, 0.05) is 48.9 Å². The topological polar surface area (TPSA) is 59.0 Å². The van der Waals surface area contributed by atoms with Crippen LogP contribution in [0.25, 0.3) is 11.3 Å². The Hall–Kier alpha value is -2.65. The molecule has 0 aliphatic carbocycles. The van der Waals surface area contributed by atoms with Crippen LogP contribution < -0.4 is 0 Å². The highest BCUT2D eigenvalue weighted by molar-refractivity contribution is 6.30. The molecule has 1 fully saturated rings. The monoisotopic (exact) mass is 391 g/mol. The molecular weight excluding hydrogens is 370 g/mol. The second-order valence-corrected chi connectivity index (χ2v) is 7.55. The molecule has 1 unspecified atom stereocenters. The van der Waals surface area contributed by atoms with Crippen LogP contribution in [0.2, 0.25) is 5.02 Å². The Kier molecular flexibility index (Phi) is 5.73. The molecule has 1 aliphatic rings. The molecule has 1 atom stereocenters. The Labute approximate surface area is 170 Å². The molecule has 0 bridgehead atoms. The normalized spacial score (nSPS) is 18.1. The van der Waals surface area contributed by atoms with Crippen molar-refractivity contribution < 1.29 is 0 Å². The van der Waals surface area contributed by atoms with Crippen LogP contribution >= 0.6 is 11.6 Å². The van der Waals surface area contributed by atoms with E-state index in [1.165, 1.54) is 5.56 Å². The average Bonchev–Trinajstić information content (AvgIpc) is 3.18. The van der Waals surface area contributed by atoms with E-state index in [2.05, 4.69) is 38.2 Å². The molecule has 0 amide bonds. The maximum atomic E-state index is 9.69. The summed E-state index contributed by atoms with van der Waals surface area (Å²) >= 11 is 6.14. The van der Waals surface area contributed by atoms with E-state index in [1.807, 2.05) is 48.7 Å². The van der Waals surface area contributed by atoms with Crippen LogP contribution in [0.15, 0.2) is 60.8 Å². The Morgan fingerprint density at radius 2 is 1.96 bits per heavy atom. The Morgan fingerprint density at radius 1 is 1.11 bits per heavy atom. The van der Waals surface area contributed by atoms with E-state index in [-0.39, 0.29) is 6.04 Å². The quantitative estimate of drug-likeness (QED) is 0.715. The van der Waals surface area contributed by atoms with Gasteiger partial charge in [0.1, 0.15) is 6.04 Å². The van der Waals surface area contributed by atoms with E-state index in [9.17, 15) is 5.26 Å². The Morgan fingerprint density at radius 3 is 2.75 bits per heavy atom. The lowest BCUT2D eigenvalue weighted by Gasteiger charge is -2.38. The van der Waals surface area contributed by atoms with Crippen molar-refractivity contribution >= 4 is 11.6 Å². The van der Waals surface area contributed by atoms with Gasteiger partial charge in [0.2, 0.25) is 0 Å². The number of hydrogen-bond acceptors (Lipinski definition) is 4. The van der Waals surface area contributed by atoms with Crippen molar-refractivity contribution in [2.45, 2.75) is 19.1 Å². The number of rotatable bonds is 5. The molecule has 2 aromatic carbocycles. The fourth-order valence-corrected chi connectivity index (χ4v) is 3.91. The molecule has 0 radical (unpaired) electrons.